The van der Waals surface area contributed by atoms with Crippen LogP contribution in [0.3, 0.4) is 0 Å². The number of amides is 2. The number of hydrogen-bond acceptors (Lipinski definition) is 5. The van der Waals surface area contributed by atoms with Gasteiger partial charge in [-0.25, -0.2) is 9.78 Å². The number of urea groups is 1. The first-order valence-corrected chi connectivity index (χ1v) is 9.41. The zero-order valence-electron chi connectivity index (χ0n) is 16.7. The Kier molecular flexibility index (Phi) is 6.13. The predicted molar refractivity (Wildman–Crippen MR) is 111 cm³/mol. The van der Waals surface area contributed by atoms with Gasteiger partial charge < -0.3 is 19.9 Å². The van der Waals surface area contributed by atoms with Gasteiger partial charge in [0.05, 0.1) is 17.1 Å². The van der Waals surface area contributed by atoms with Gasteiger partial charge in [-0.3, -0.25) is 4.98 Å². The van der Waals surface area contributed by atoms with Crippen molar-refractivity contribution in [1.29, 1.82) is 0 Å². The number of ether oxygens (including phenoxy) is 1. The van der Waals surface area contributed by atoms with Gasteiger partial charge in [-0.1, -0.05) is 18.7 Å². The fourth-order valence-corrected chi connectivity index (χ4v) is 3.04. The first-order valence-electron chi connectivity index (χ1n) is 9.41. The largest absolute Gasteiger partial charge is 0.487 e. The monoisotopic (exact) mass is 381 g/mol. The number of hydrogen-bond donors (Lipinski definition) is 1. The number of carbonyl (C=O) groups is 1. The molecule has 7 nitrogen and oxygen atoms in total. The van der Waals surface area contributed by atoms with E-state index in [0.717, 1.165) is 35.9 Å². The Balaban J connectivity index is 1.60. The zero-order valence-corrected chi connectivity index (χ0v) is 16.7. The van der Waals surface area contributed by atoms with Crippen molar-refractivity contribution in [2.75, 3.05) is 43.0 Å². The fourth-order valence-electron chi connectivity index (χ4n) is 3.04. The fraction of sp³-hybridized carbons (Fsp3) is 0.381. The highest BCUT2D eigenvalue weighted by Gasteiger charge is 2.23. The van der Waals surface area contributed by atoms with E-state index in [4.69, 9.17) is 4.74 Å². The van der Waals surface area contributed by atoms with Crippen molar-refractivity contribution < 1.29 is 9.53 Å². The second kappa shape index (κ2) is 8.73. The van der Waals surface area contributed by atoms with Crippen LogP contribution in [-0.4, -0.2) is 53.7 Å². The third-order valence-electron chi connectivity index (χ3n) is 4.52. The van der Waals surface area contributed by atoms with Gasteiger partial charge in [0.15, 0.2) is 0 Å². The van der Waals surface area contributed by atoms with Crippen molar-refractivity contribution in [1.82, 2.24) is 14.9 Å². The van der Waals surface area contributed by atoms with Gasteiger partial charge in [0.1, 0.15) is 18.2 Å². The third-order valence-corrected chi connectivity index (χ3v) is 4.52. The molecule has 7 heteroatoms. The van der Waals surface area contributed by atoms with Crippen molar-refractivity contribution in [3.05, 3.63) is 54.0 Å². The first-order chi connectivity index (χ1) is 13.4. The molecule has 2 amide bonds. The topological polar surface area (TPSA) is 70.6 Å². The molecule has 1 saturated heterocycles. The molecule has 1 aromatic carbocycles. The van der Waals surface area contributed by atoms with E-state index in [9.17, 15) is 4.79 Å². The van der Waals surface area contributed by atoms with Gasteiger partial charge in [-0.15, -0.1) is 0 Å². The normalized spacial score (nSPS) is 14.0. The second-order valence-electron chi connectivity index (χ2n) is 7.07. The van der Waals surface area contributed by atoms with E-state index >= 15 is 0 Å². The number of carbonyl (C=O) groups excluding carboxylic acids is 1. The van der Waals surface area contributed by atoms with Crippen LogP contribution in [0.2, 0.25) is 0 Å². The SMILES string of the molecule is C=C(C)COc1ccccc1NC(=O)N1CCN(c2nc(C)cnc2C)CC1. The molecule has 1 N–H and O–H groups in total. The average molecular weight is 381 g/mol. The van der Waals surface area contributed by atoms with Gasteiger partial charge in [-0.05, 0) is 38.5 Å². The number of nitrogens with one attached hydrogen (secondary N) is 1. The lowest BCUT2D eigenvalue weighted by molar-refractivity contribution is 0.208. The van der Waals surface area contributed by atoms with E-state index < -0.39 is 0 Å². The molecule has 0 radical (unpaired) electrons. The minimum atomic E-state index is -0.127. The number of aromatic nitrogens is 2. The summed E-state index contributed by atoms with van der Waals surface area (Å²) in [6, 6.07) is 7.31. The Morgan fingerprint density at radius 3 is 2.64 bits per heavy atom. The van der Waals surface area contributed by atoms with Gasteiger partial charge in [0, 0.05) is 32.4 Å². The molecule has 1 aromatic heterocycles. The van der Waals surface area contributed by atoms with E-state index in [1.807, 2.05) is 49.9 Å². The number of nitrogens with zero attached hydrogens (tertiary/aromatic N) is 4. The average Bonchev–Trinajstić information content (AvgIpc) is 2.69. The summed E-state index contributed by atoms with van der Waals surface area (Å²) in [6.45, 7) is 12.8. The Hall–Kier alpha value is -3.09. The van der Waals surface area contributed by atoms with Gasteiger partial charge >= 0.3 is 6.03 Å². The summed E-state index contributed by atoms with van der Waals surface area (Å²) in [5.41, 5.74) is 3.39. The molecule has 28 heavy (non-hydrogen) atoms. The minimum Gasteiger partial charge on any atom is -0.487 e. The van der Waals surface area contributed by atoms with Crippen LogP contribution in [-0.2, 0) is 0 Å². The van der Waals surface area contributed by atoms with Crippen molar-refractivity contribution in [3.8, 4) is 5.75 Å². The van der Waals surface area contributed by atoms with Crippen LogP contribution in [0.15, 0.2) is 42.6 Å². The summed E-state index contributed by atoms with van der Waals surface area (Å²) in [6.07, 6.45) is 1.77. The Labute approximate surface area is 166 Å². The van der Waals surface area contributed by atoms with Crippen LogP contribution in [0, 0.1) is 13.8 Å². The Morgan fingerprint density at radius 2 is 1.93 bits per heavy atom. The molecule has 1 fully saturated rings. The Bertz CT molecular complexity index is 860. The van der Waals surface area contributed by atoms with Crippen LogP contribution in [0.1, 0.15) is 18.3 Å². The third kappa shape index (κ3) is 4.79. The summed E-state index contributed by atoms with van der Waals surface area (Å²) in [5, 5.41) is 2.96. The number of aryl methyl sites for hydroxylation is 2. The molecule has 1 aliphatic heterocycles. The highest BCUT2D eigenvalue weighted by atomic mass is 16.5. The summed E-state index contributed by atoms with van der Waals surface area (Å²) >= 11 is 0. The molecule has 1 aliphatic rings. The molecule has 2 heterocycles. The second-order valence-corrected chi connectivity index (χ2v) is 7.07. The van der Waals surface area contributed by atoms with E-state index in [1.165, 1.54) is 0 Å². The molecule has 0 aliphatic carbocycles. The molecule has 0 unspecified atom stereocenters. The molecule has 0 spiro atoms. The van der Waals surface area contributed by atoms with Gasteiger partial charge in [0.2, 0.25) is 0 Å². The van der Waals surface area contributed by atoms with Crippen LogP contribution in [0.5, 0.6) is 5.75 Å². The maximum absolute atomic E-state index is 12.7. The van der Waals surface area contributed by atoms with Crippen molar-refractivity contribution in [2.45, 2.75) is 20.8 Å². The van der Waals surface area contributed by atoms with E-state index in [1.54, 1.807) is 6.20 Å². The molecular weight excluding hydrogens is 354 g/mol. The van der Waals surface area contributed by atoms with E-state index in [0.29, 0.717) is 31.1 Å². The summed E-state index contributed by atoms with van der Waals surface area (Å²) in [4.78, 5) is 25.7. The minimum absolute atomic E-state index is 0.127. The van der Waals surface area contributed by atoms with Crippen molar-refractivity contribution in [2.24, 2.45) is 0 Å². The molecule has 0 saturated carbocycles. The quantitative estimate of drug-likeness (QED) is 0.804. The highest BCUT2D eigenvalue weighted by Crippen LogP contribution is 2.25. The van der Waals surface area contributed by atoms with Crippen LogP contribution >= 0.6 is 0 Å². The summed E-state index contributed by atoms with van der Waals surface area (Å²) in [5.74, 6) is 1.54. The molecule has 0 bridgehead atoms. The molecule has 148 valence electrons. The standard InChI is InChI=1S/C21H27N5O2/c1-15(2)14-28-19-8-6-5-7-18(19)24-21(27)26-11-9-25(10-12-26)20-17(4)22-13-16(3)23-20/h5-8,13H,1,9-12,14H2,2-4H3,(H,24,27). The Morgan fingerprint density at radius 1 is 1.21 bits per heavy atom. The lowest BCUT2D eigenvalue weighted by Crippen LogP contribution is -2.50. The first kappa shape index (κ1) is 19.7. The zero-order chi connectivity index (χ0) is 20.1. The van der Waals surface area contributed by atoms with Gasteiger partial charge in [0.25, 0.3) is 0 Å². The lowest BCUT2D eigenvalue weighted by atomic mass is 10.2. The van der Waals surface area contributed by atoms with Crippen LogP contribution < -0.4 is 15.0 Å². The number of rotatable bonds is 5. The maximum atomic E-state index is 12.7. The van der Waals surface area contributed by atoms with E-state index in [-0.39, 0.29) is 6.03 Å². The van der Waals surface area contributed by atoms with Crippen molar-refractivity contribution in [3.63, 3.8) is 0 Å². The molecule has 2 aromatic rings. The molecule has 0 atom stereocenters. The summed E-state index contributed by atoms with van der Waals surface area (Å²) < 4.78 is 5.73. The van der Waals surface area contributed by atoms with Crippen LogP contribution in [0.25, 0.3) is 0 Å². The predicted octanol–water partition coefficient (Wildman–Crippen LogP) is 3.40. The van der Waals surface area contributed by atoms with Gasteiger partial charge in [-0.2, -0.15) is 0 Å². The lowest BCUT2D eigenvalue weighted by Gasteiger charge is -2.35. The van der Waals surface area contributed by atoms with Crippen LogP contribution in [0.4, 0.5) is 16.3 Å². The van der Waals surface area contributed by atoms with Crippen molar-refractivity contribution >= 4 is 17.5 Å². The maximum Gasteiger partial charge on any atom is 0.322 e. The number of para-hydroxylation sites is 2. The molecular formula is C21H27N5O2. The number of anilines is 2. The molecule has 3 rings (SSSR count). The van der Waals surface area contributed by atoms with E-state index in [2.05, 4.69) is 26.8 Å². The number of benzene rings is 1. The highest BCUT2D eigenvalue weighted by molar-refractivity contribution is 5.91. The summed E-state index contributed by atoms with van der Waals surface area (Å²) in [7, 11) is 0. The smallest absolute Gasteiger partial charge is 0.322 e. The number of piperazine rings is 1.